The van der Waals surface area contributed by atoms with Crippen molar-refractivity contribution in [3.8, 4) is 11.4 Å². The number of fused-ring (bicyclic) bond motifs is 2. The molecular formula is C25H18Cl2N2O2. The van der Waals surface area contributed by atoms with E-state index in [1.807, 2.05) is 24.3 Å². The summed E-state index contributed by atoms with van der Waals surface area (Å²) >= 11 is 12.6. The molecule has 1 aliphatic rings. The van der Waals surface area contributed by atoms with E-state index in [2.05, 4.69) is 9.97 Å². The van der Waals surface area contributed by atoms with Gasteiger partial charge in [-0.1, -0.05) is 47.5 Å². The zero-order valence-electron chi connectivity index (χ0n) is 16.5. The number of halogens is 2. The molecule has 0 bridgehead atoms. The largest absolute Gasteiger partial charge is 0.338 e. The number of imidazole rings is 1. The third-order valence-electron chi connectivity index (χ3n) is 5.69. The fraction of sp³-hybridized carbons (Fsp3) is 0.160. The molecule has 1 aliphatic carbocycles. The molecule has 0 saturated carbocycles. The Morgan fingerprint density at radius 3 is 2.61 bits per heavy atom. The topological polar surface area (TPSA) is 62.8 Å². The number of hydrogen-bond donors (Lipinski definition) is 1. The molecule has 3 aromatic carbocycles. The molecule has 4 nitrogen and oxygen atoms in total. The van der Waals surface area contributed by atoms with Crippen molar-refractivity contribution in [1.29, 1.82) is 0 Å². The second-order valence-corrected chi connectivity index (χ2v) is 8.60. The Kier molecular flexibility index (Phi) is 5.12. The SMILES string of the molecule is O=C(Cc1ccc2c(c1)CCCC2=O)c1ccc2nc(-c3c(Cl)cccc3Cl)[nH]c2c1. The number of Topliss-reactive ketones (excluding diaryl/α,β-unsaturated/α-hetero) is 2. The van der Waals surface area contributed by atoms with E-state index in [1.54, 1.807) is 30.3 Å². The molecule has 154 valence electrons. The van der Waals surface area contributed by atoms with Crippen LogP contribution >= 0.6 is 23.2 Å². The van der Waals surface area contributed by atoms with E-state index < -0.39 is 0 Å². The molecule has 6 heteroatoms. The van der Waals surface area contributed by atoms with Crippen LogP contribution in [0.5, 0.6) is 0 Å². The molecule has 0 unspecified atom stereocenters. The summed E-state index contributed by atoms with van der Waals surface area (Å²) in [6.45, 7) is 0. The van der Waals surface area contributed by atoms with Crippen LogP contribution in [0.15, 0.2) is 54.6 Å². The first kappa shape index (κ1) is 20.0. The molecule has 0 atom stereocenters. The second kappa shape index (κ2) is 7.95. The van der Waals surface area contributed by atoms with Crippen LogP contribution < -0.4 is 0 Å². The van der Waals surface area contributed by atoms with Crippen LogP contribution in [0.4, 0.5) is 0 Å². The lowest BCUT2D eigenvalue weighted by Gasteiger charge is -2.15. The standard InChI is InChI=1S/C25H18Cl2N2O2/c26-18-4-2-5-19(27)24(18)25-28-20-10-8-16(13-21(20)29-25)23(31)12-14-7-9-17-15(11-14)3-1-6-22(17)30/h2,4-5,7-11,13H,1,3,6,12H2,(H,28,29). The highest BCUT2D eigenvalue weighted by Gasteiger charge is 2.18. The van der Waals surface area contributed by atoms with E-state index in [0.717, 1.165) is 40.6 Å². The highest BCUT2D eigenvalue weighted by atomic mass is 35.5. The molecule has 0 spiro atoms. The van der Waals surface area contributed by atoms with Crippen LogP contribution in [0.2, 0.25) is 10.0 Å². The maximum Gasteiger partial charge on any atom is 0.167 e. The predicted octanol–water partition coefficient (Wildman–Crippen LogP) is 6.48. The number of nitrogens with zero attached hydrogens (tertiary/aromatic N) is 1. The fourth-order valence-corrected chi connectivity index (χ4v) is 4.70. The van der Waals surface area contributed by atoms with Gasteiger partial charge < -0.3 is 4.98 Å². The molecule has 1 aromatic heterocycles. The normalized spacial score (nSPS) is 13.4. The summed E-state index contributed by atoms with van der Waals surface area (Å²) in [6.07, 6.45) is 2.65. The summed E-state index contributed by atoms with van der Waals surface area (Å²) in [7, 11) is 0. The van der Waals surface area contributed by atoms with Gasteiger partial charge >= 0.3 is 0 Å². The van der Waals surface area contributed by atoms with Crippen molar-refractivity contribution in [3.63, 3.8) is 0 Å². The summed E-state index contributed by atoms with van der Waals surface area (Å²) in [6, 6.07) is 16.4. The number of aryl methyl sites for hydroxylation is 1. The number of aromatic nitrogens is 2. The maximum atomic E-state index is 12.9. The van der Waals surface area contributed by atoms with E-state index in [9.17, 15) is 9.59 Å². The molecule has 0 saturated heterocycles. The highest BCUT2D eigenvalue weighted by molar-refractivity contribution is 6.39. The lowest BCUT2D eigenvalue weighted by atomic mass is 9.88. The molecule has 31 heavy (non-hydrogen) atoms. The van der Waals surface area contributed by atoms with Gasteiger partial charge in [-0.3, -0.25) is 9.59 Å². The summed E-state index contributed by atoms with van der Waals surface area (Å²) < 4.78 is 0. The highest BCUT2D eigenvalue weighted by Crippen LogP contribution is 2.34. The predicted molar refractivity (Wildman–Crippen MR) is 123 cm³/mol. The number of benzene rings is 3. The molecule has 0 amide bonds. The van der Waals surface area contributed by atoms with E-state index >= 15 is 0 Å². The second-order valence-electron chi connectivity index (χ2n) is 7.78. The van der Waals surface area contributed by atoms with Gasteiger partial charge in [-0.05, 0) is 54.3 Å². The minimum atomic E-state index is 0.0101. The number of rotatable bonds is 4. The molecule has 4 aromatic rings. The summed E-state index contributed by atoms with van der Waals surface area (Å²) in [5, 5.41) is 1.02. The van der Waals surface area contributed by atoms with Crippen LogP contribution in [-0.4, -0.2) is 21.5 Å². The zero-order valence-corrected chi connectivity index (χ0v) is 18.1. The van der Waals surface area contributed by atoms with Crippen molar-refractivity contribution in [3.05, 3.63) is 86.9 Å². The van der Waals surface area contributed by atoms with Crippen molar-refractivity contribution in [2.45, 2.75) is 25.7 Å². The van der Waals surface area contributed by atoms with Crippen LogP contribution in [0, 0.1) is 0 Å². The monoisotopic (exact) mass is 448 g/mol. The third kappa shape index (κ3) is 3.78. The van der Waals surface area contributed by atoms with Crippen molar-refractivity contribution >= 4 is 45.8 Å². The van der Waals surface area contributed by atoms with E-state index in [-0.39, 0.29) is 18.0 Å². The minimum absolute atomic E-state index is 0.0101. The molecule has 0 radical (unpaired) electrons. The quantitative estimate of drug-likeness (QED) is 0.363. The van der Waals surface area contributed by atoms with Crippen molar-refractivity contribution < 1.29 is 9.59 Å². The minimum Gasteiger partial charge on any atom is -0.338 e. The molecular weight excluding hydrogens is 431 g/mol. The number of hydrogen-bond acceptors (Lipinski definition) is 3. The van der Waals surface area contributed by atoms with E-state index in [0.29, 0.717) is 33.4 Å². The van der Waals surface area contributed by atoms with Gasteiger partial charge in [0.15, 0.2) is 11.6 Å². The first-order valence-electron chi connectivity index (χ1n) is 10.1. The van der Waals surface area contributed by atoms with Gasteiger partial charge in [-0.15, -0.1) is 0 Å². The van der Waals surface area contributed by atoms with Crippen LogP contribution in [0.25, 0.3) is 22.4 Å². The van der Waals surface area contributed by atoms with Crippen molar-refractivity contribution in [1.82, 2.24) is 9.97 Å². The average Bonchev–Trinajstić information content (AvgIpc) is 3.16. The van der Waals surface area contributed by atoms with Gasteiger partial charge in [-0.2, -0.15) is 0 Å². The lowest BCUT2D eigenvalue weighted by Crippen LogP contribution is -2.12. The van der Waals surface area contributed by atoms with Gasteiger partial charge in [0.1, 0.15) is 5.82 Å². The Labute approximate surface area is 189 Å². The van der Waals surface area contributed by atoms with Crippen LogP contribution in [0.1, 0.15) is 44.7 Å². The van der Waals surface area contributed by atoms with Gasteiger partial charge in [-0.25, -0.2) is 4.98 Å². The van der Waals surface area contributed by atoms with Gasteiger partial charge in [0.05, 0.1) is 26.6 Å². The Morgan fingerprint density at radius 1 is 1.00 bits per heavy atom. The molecule has 1 heterocycles. The third-order valence-corrected chi connectivity index (χ3v) is 6.32. The maximum absolute atomic E-state index is 12.9. The fourth-order valence-electron chi connectivity index (χ4n) is 4.12. The Hall–Kier alpha value is -2.95. The Morgan fingerprint density at radius 2 is 1.81 bits per heavy atom. The first-order valence-corrected chi connectivity index (χ1v) is 10.9. The van der Waals surface area contributed by atoms with E-state index in [1.165, 1.54) is 0 Å². The number of carbonyl (C=O) groups excluding carboxylic acids is 2. The summed E-state index contributed by atoms with van der Waals surface area (Å²) in [5.74, 6) is 0.767. The summed E-state index contributed by atoms with van der Waals surface area (Å²) in [4.78, 5) is 32.8. The van der Waals surface area contributed by atoms with Gasteiger partial charge in [0.25, 0.3) is 0 Å². The molecule has 0 aliphatic heterocycles. The molecule has 0 fully saturated rings. The smallest absolute Gasteiger partial charge is 0.167 e. The number of ketones is 2. The number of H-pyrrole nitrogens is 1. The Bertz CT molecular complexity index is 1340. The number of carbonyl (C=O) groups is 2. The van der Waals surface area contributed by atoms with Gasteiger partial charge in [0, 0.05) is 24.0 Å². The van der Waals surface area contributed by atoms with Crippen LogP contribution in [-0.2, 0) is 12.8 Å². The lowest BCUT2D eigenvalue weighted by molar-refractivity contribution is 0.0971. The Balaban J connectivity index is 1.43. The number of nitrogens with one attached hydrogen (secondary N) is 1. The van der Waals surface area contributed by atoms with Gasteiger partial charge in [0.2, 0.25) is 0 Å². The number of aromatic amines is 1. The molecule has 1 N–H and O–H groups in total. The van der Waals surface area contributed by atoms with Crippen LogP contribution in [0.3, 0.4) is 0 Å². The van der Waals surface area contributed by atoms with E-state index in [4.69, 9.17) is 23.2 Å². The zero-order chi connectivity index (χ0) is 21.5. The average molecular weight is 449 g/mol. The molecule has 5 rings (SSSR count). The van der Waals surface area contributed by atoms with Crippen molar-refractivity contribution in [2.24, 2.45) is 0 Å². The first-order chi connectivity index (χ1) is 15.0. The summed E-state index contributed by atoms with van der Waals surface area (Å²) in [5.41, 5.74) is 5.48. The van der Waals surface area contributed by atoms with Crippen molar-refractivity contribution in [2.75, 3.05) is 0 Å².